The van der Waals surface area contributed by atoms with Crippen LogP contribution >= 0.6 is 0 Å². The minimum absolute atomic E-state index is 0.0187. The zero-order valence-corrected chi connectivity index (χ0v) is 18.6. The van der Waals surface area contributed by atoms with Gasteiger partial charge in [0.2, 0.25) is 12.3 Å². The molecule has 0 atom stereocenters. The zero-order valence-electron chi connectivity index (χ0n) is 18.6. The van der Waals surface area contributed by atoms with E-state index in [1.165, 1.54) is 0 Å². The van der Waals surface area contributed by atoms with Crippen LogP contribution in [-0.2, 0) is 13.6 Å². The summed E-state index contributed by atoms with van der Waals surface area (Å²) < 4.78 is 7.30. The molecular weight excluding hydrogens is 388 g/mol. The predicted octanol–water partition coefficient (Wildman–Crippen LogP) is 3.37. The molecule has 0 saturated carbocycles. The van der Waals surface area contributed by atoms with E-state index in [2.05, 4.69) is 0 Å². The monoisotopic (exact) mass is 415 g/mol. The number of hydrogen-bond acceptors (Lipinski definition) is 2. The molecule has 3 aromatic heterocycles. The highest BCUT2D eigenvalue weighted by Crippen LogP contribution is 2.23. The number of rotatable bonds is 5. The third-order valence-electron chi connectivity index (χ3n) is 5.86. The summed E-state index contributed by atoms with van der Waals surface area (Å²) in [5, 5.41) is 0. The van der Waals surface area contributed by atoms with E-state index in [4.69, 9.17) is 0 Å². The van der Waals surface area contributed by atoms with E-state index in [0.717, 1.165) is 28.3 Å². The SMILES string of the molecule is Cc1cc[n+](CC(=O)c2cc(C)n(-c3c(C)n(C)n(-c4ccccc4)c3=O)c2C)cc1. The van der Waals surface area contributed by atoms with E-state index >= 15 is 0 Å². The lowest BCUT2D eigenvalue weighted by Gasteiger charge is -2.08. The molecule has 4 aromatic rings. The average Bonchev–Trinajstić information content (AvgIpc) is 3.16. The number of para-hydroxylation sites is 1. The Morgan fingerprint density at radius 2 is 1.58 bits per heavy atom. The molecule has 3 heterocycles. The molecule has 0 aliphatic heterocycles. The molecule has 158 valence electrons. The number of aryl methyl sites for hydroxylation is 2. The average molecular weight is 416 g/mol. The summed E-state index contributed by atoms with van der Waals surface area (Å²) in [6.07, 6.45) is 3.82. The number of benzene rings is 1. The van der Waals surface area contributed by atoms with E-state index < -0.39 is 0 Å². The highest BCUT2D eigenvalue weighted by molar-refractivity contribution is 5.96. The third kappa shape index (κ3) is 3.54. The molecule has 0 amide bonds. The maximum atomic E-state index is 13.5. The highest BCUT2D eigenvalue weighted by Gasteiger charge is 2.24. The molecule has 0 spiro atoms. The second-order valence-electron chi connectivity index (χ2n) is 8.00. The van der Waals surface area contributed by atoms with Gasteiger partial charge in [-0.3, -0.25) is 14.3 Å². The van der Waals surface area contributed by atoms with Gasteiger partial charge in [0.05, 0.1) is 11.4 Å². The van der Waals surface area contributed by atoms with Crippen LogP contribution in [-0.4, -0.2) is 19.7 Å². The lowest BCUT2D eigenvalue weighted by atomic mass is 10.1. The van der Waals surface area contributed by atoms with Gasteiger partial charge in [0.25, 0.3) is 5.56 Å². The number of carbonyl (C=O) groups is 1. The van der Waals surface area contributed by atoms with Crippen molar-refractivity contribution in [3.05, 3.63) is 99.5 Å². The van der Waals surface area contributed by atoms with Gasteiger partial charge in [-0.15, -0.1) is 0 Å². The summed E-state index contributed by atoms with van der Waals surface area (Å²) in [6, 6.07) is 15.4. The smallest absolute Gasteiger partial charge is 0.295 e. The van der Waals surface area contributed by atoms with Crippen molar-refractivity contribution < 1.29 is 9.36 Å². The molecular formula is C25H27N4O2+. The van der Waals surface area contributed by atoms with Gasteiger partial charge < -0.3 is 4.57 Å². The number of ketones is 1. The second-order valence-corrected chi connectivity index (χ2v) is 8.00. The fraction of sp³-hybridized carbons (Fsp3) is 0.240. The first kappa shape index (κ1) is 20.6. The summed E-state index contributed by atoms with van der Waals surface area (Å²) in [7, 11) is 1.88. The topological polar surface area (TPSA) is 52.8 Å². The minimum atomic E-state index is -0.111. The van der Waals surface area contributed by atoms with Gasteiger partial charge in [-0.2, -0.15) is 4.57 Å². The summed E-state index contributed by atoms with van der Waals surface area (Å²) in [5.41, 5.74) is 5.53. The van der Waals surface area contributed by atoms with Crippen molar-refractivity contribution in [3.63, 3.8) is 0 Å². The Balaban J connectivity index is 1.79. The number of carbonyl (C=O) groups excluding carboxylic acids is 1. The fourth-order valence-electron chi connectivity index (χ4n) is 4.09. The van der Waals surface area contributed by atoms with Crippen molar-refractivity contribution in [2.45, 2.75) is 34.2 Å². The molecule has 1 aromatic carbocycles. The standard InChI is InChI=1S/C25H27N4O2/c1-17-11-13-27(14-12-17)16-23(30)22-15-18(2)28(19(22)3)24-20(4)26(5)29(25(24)31)21-9-7-6-8-10-21/h6-15H,16H2,1-5H3/q+1. The van der Waals surface area contributed by atoms with Gasteiger partial charge in [0.15, 0.2) is 12.4 Å². The van der Waals surface area contributed by atoms with E-state index in [-0.39, 0.29) is 17.9 Å². The first-order valence-corrected chi connectivity index (χ1v) is 10.3. The van der Waals surface area contributed by atoms with Gasteiger partial charge in [-0.05, 0) is 51.5 Å². The zero-order chi connectivity index (χ0) is 22.3. The van der Waals surface area contributed by atoms with Crippen molar-refractivity contribution >= 4 is 5.78 Å². The summed E-state index contributed by atoms with van der Waals surface area (Å²) >= 11 is 0. The van der Waals surface area contributed by atoms with E-state index in [9.17, 15) is 9.59 Å². The molecule has 0 N–H and O–H groups in total. The van der Waals surface area contributed by atoms with Gasteiger partial charge in [0.1, 0.15) is 5.69 Å². The fourth-order valence-corrected chi connectivity index (χ4v) is 4.09. The number of pyridine rings is 1. The Kier molecular flexibility index (Phi) is 5.23. The Hall–Kier alpha value is -3.67. The molecule has 31 heavy (non-hydrogen) atoms. The minimum Gasteiger partial charge on any atom is -0.311 e. The quantitative estimate of drug-likeness (QED) is 0.371. The maximum absolute atomic E-state index is 13.5. The van der Waals surface area contributed by atoms with E-state index in [1.807, 2.05) is 109 Å². The number of aromatic nitrogens is 4. The van der Waals surface area contributed by atoms with Gasteiger partial charge in [0, 0.05) is 36.1 Å². The molecule has 6 heteroatoms. The molecule has 0 saturated heterocycles. The van der Waals surface area contributed by atoms with Crippen molar-refractivity contribution in [3.8, 4) is 11.4 Å². The molecule has 0 aliphatic carbocycles. The van der Waals surface area contributed by atoms with Crippen molar-refractivity contribution in [2.24, 2.45) is 7.05 Å². The normalized spacial score (nSPS) is 11.1. The first-order valence-electron chi connectivity index (χ1n) is 10.3. The van der Waals surface area contributed by atoms with Crippen molar-refractivity contribution in [2.75, 3.05) is 0 Å². The van der Waals surface area contributed by atoms with Gasteiger partial charge in [-0.1, -0.05) is 18.2 Å². The molecule has 6 nitrogen and oxygen atoms in total. The molecule has 0 fully saturated rings. The van der Waals surface area contributed by atoms with Crippen LogP contribution in [0.25, 0.3) is 11.4 Å². The summed E-state index contributed by atoms with van der Waals surface area (Å²) in [5.74, 6) is 0.0187. The predicted molar refractivity (Wildman–Crippen MR) is 120 cm³/mol. The molecule has 0 radical (unpaired) electrons. The lowest BCUT2D eigenvalue weighted by molar-refractivity contribution is -0.683. The number of hydrogen-bond donors (Lipinski definition) is 0. The largest absolute Gasteiger partial charge is 0.311 e. The van der Waals surface area contributed by atoms with Crippen LogP contribution < -0.4 is 10.1 Å². The van der Waals surface area contributed by atoms with Crippen LogP contribution in [0.3, 0.4) is 0 Å². The highest BCUT2D eigenvalue weighted by atomic mass is 16.1. The van der Waals surface area contributed by atoms with Crippen LogP contribution in [0.15, 0.2) is 65.7 Å². The van der Waals surface area contributed by atoms with E-state index in [1.54, 1.807) is 4.68 Å². The van der Waals surface area contributed by atoms with Crippen LogP contribution in [0.4, 0.5) is 0 Å². The Morgan fingerprint density at radius 1 is 0.935 bits per heavy atom. The lowest BCUT2D eigenvalue weighted by Crippen LogP contribution is -2.37. The van der Waals surface area contributed by atoms with Gasteiger partial charge >= 0.3 is 0 Å². The number of nitrogens with zero attached hydrogens (tertiary/aromatic N) is 4. The van der Waals surface area contributed by atoms with Crippen molar-refractivity contribution in [1.29, 1.82) is 0 Å². The van der Waals surface area contributed by atoms with Crippen molar-refractivity contribution in [1.82, 2.24) is 13.9 Å². The second kappa shape index (κ2) is 7.87. The van der Waals surface area contributed by atoms with Crippen LogP contribution in [0.5, 0.6) is 0 Å². The maximum Gasteiger partial charge on any atom is 0.295 e. The summed E-state index contributed by atoms with van der Waals surface area (Å²) in [6.45, 7) is 8.04. The molecule has 0 unspecified atom stereocenters. The van der Waals surface area contributed by atoms with Crippen LogP contribution in [0.2, 0.25) is 0 Å². The number of Topliss-reactive ketones (excluding diaryl/α,β-unsaturated/α-hetero) is 1. The summed E-state index contributed by atoms with van der Waals surface area (Å²) in [4.78, 5) is 26.5. The van der Waals surface area contributed by atoms with Gasteiger partial charge in [-0.25, -0.2) is 4.68 Å². The Labute approximate surface area is 181 Å². The Bertz CT molecular complexity index is 1320. The first-order chi connectivity index (χ1) is 14.8. The molecule has 4 rings (SSSR count). The van der Waals surface area contributed by atoms with Crippen LogP contribution in [0, 0.1) is 27.7 Å². The van der Waals surface area contributed by atoms with E-state index in [0.29, 0.717) is 11.3 Å². The Morgan fingerprint density at radius 3 is 2.23 bits per heavy atom. The molecule has 0 bridgehead atoms. The molecule has 0 aliphatic rings. The third-order valence-corrected chi connectivity index (χ3v) is 5.86. The van der Waals surface area contributed by atoms with Crippen LogP contribution in [0.1, 0.15) is 33.0 Å².